The summed E-state index contributed by atoms with van der Waals surface area (Å²) in [5.41, 5.74) is 2.23. The predicted molar refractivity (Wildman–Crippen MR) is 111 cm³/mol. The van der Waals surface area contributed by atoms with Gasteiger partial charge in [0.05, 0.1) is 11.7 Å². The molecule has 1 aliphatic heterocycles. The minimum Gasteiger partial charge on any atom is -0.349 e. The van der Waals surface area contributed by atoms with Crippen molar-refractivity contribution >= 4 is 34.0 Å². The average molecular weight is 404 g/mol. The van der Waals surface area contributed by atoms with Crippen LogP contribution >= 0.6 is 22.9 Å². The Balaban J connectivity index is 1.38. The van der Waals surface area contributed by atoms with E-state index in [9.17, 15) is 4.79 Å². The van der Waals surface area contributed by atoms with Crippen molar-refractivity contribution in [2.45, 2.75) is 39.2 Å². The molecule has 2 fully saturated rings. The number of thiazole rings is 1. The third-order valence-corrected chi connectivity index (χ3v) is 7.14. The second-order valence-electron chi connectivity index (χ2n) is 7.95. The van der Waals surface area contributed by atoms with Gasteiger partial charge in [-0.3, -0.25) is 4.79 Å². The van der Waals surface area contributed by atoms with E-state index in [1.54, 1.807) is 11.3 Å². The van der Waals surface area contributed by atoms with Crippen molar-refractivity contribution in [1.29, 1.82) is 0 Å². The second kappa shape index (κ2) is 7.80. The van der Waals surface area contributed by atoms with Crippen molar-refractivity contribution in [1.82, 2.24) is 10.3 Å². The molecule has 3 atom stereocenters. The summed E-state index contributed by atoms with van der Waals surface area (Å²) >= 11 is 7.73. The first kappa shape index (κ1) is 18.8. The minimum atomic E-state index is 0.0890. The van der Waals surface area contributed by atoms with Crippen LogP contribution in [0.1, 0.15) is 43.5 Å². The van der Waals surface area contributed by atoms with Crippen LogP contribution in [-0.4, -0.2) is 24.0 Å². The molecule has 144 valence electrons. The summed E-state index contributed by atoms with van der Waals surface area (Å²) in [7, 11) is 0. The number of nitrogens with zero attached hydrogens (tertiary/aromatic N) is 2. The lowest BCUT2D eigenvalue weighted by Gasteiger charge is -2.32. The SMILES string of the molecule is Cc1csc(N2CCC(C(=O)N[C@H](c3ccc(Cl)cc3)[C@H]3C[C@@H]3C)CC2)n1. The molecule has 2 heterocycles. The zero-order chi connectivity index (χ0) is 19.0. The van der Waals surface area contributed by atoms with E-state index in [4.69, 9.17) is 11.6 Å². The van der Waals surface area contributed by atoms with Gasteiger partial charge in [0.25, 0.3) is 0 Å². The van der Waals surface area contributed by atoms with Crippen LogP contribution in [0.25, 0.3) is 0 Å². The van der Waals surface area contributed by atoms with Crippen molar-refractivity contribution in [3.05, 3.63) is 45.9 Å². The number of anilines is 1. The third kappa shape index (κ3) is 4.30. The van der Waals surface area contributed by atoms with Gasteiger partial charge in [0, 0.05) is 29.4 Å². The Morgan fingerprint density at radius 1 is 1.30 bits per heavy atom. The van der Waals surface area contributed by atoms with Crippen molar-refractivity contribution in [2.75, 3.05) is 18.0 Å². The number of hydrogen-bond acceptors (Lipinski definition) is 4. The van der Waals surface area contributed by atoms with E-state index in [-0.39, 0.29) is 17.9 Å². The maximum Gasteiger partial charge on any atom is 0.223 e. The highest BCUT2D eigenvalue weighted by molar-refractivity contribution is 7.13. The Kier molecular flexibility index (Phi) is 5.42. The molecular formula is C21H26ClN3OS. The van der Waals surface area contributed by atoms with Crippen LogP contribution in [0, 0.1) is 24.7 Å². The van der Waals surface area contributed by atoms with Gasteiger partial charge >= 0.3 is 0 Å². The highest BCUT2D eigenvalue weighted by Gasteiger charge is 2.41. The molecule has 0 spiro atoms. The Bertz CT molecular complexity index is 798. The summed E-state index contributed by atoms with van der Waals surface area (Å²) in [6, 6.07) is 8.02. The first-order valence-corrected chi connectivity index (χ1v) is 11.0. The highest BCUT2D eigenvalue weighted by atomic mass is 35.5. The van der Waals surface area contributed by atoms with E-state index in [1.165, 1.54) is 6.42 Å². The standard InChI is InChI=1S/C21H26ClN3OS/c1-13-11-18(13)19(15-3-5-17(22)6-4-15)24-20(26)16-7-9-25(10-8-16)21-23-14(2)12-27-21/h3-6,12-13,16,18-19H,7-11H2,1-2H3,(H,24,26)/t13-,18-,19+/m0/s1. The quantitative estimate of drug-likeness (QED) is 0.777. The van der Waals surface area contributed by atoms with Gasteiger partial charge in [-0.25, -0.2) is 4.98 Å². The fraction of sp³-hybridized carbons (Fsp3) is 0.524. The number of carbonyl (C=O) groups is 1. The molecule has 1 saturated heterocycles. The van der Waals surface area contributed by atoms with Gasteiger partial charge in [-0.1, -0.05) is 30.7 Å². The van der Waals surface area contributed by atoms with Gasteiger partial charge in [0.1, 0.15) is 0 Å². The van der Waals surface area contributed by atoms with Gasteiger partial charge in [-0.15, -0.1) is 11.3 Å². The van der Waals surface area contributed by atoms with Crippen LogP contribution in [0.15, 0.2) is 29.6 Å². The smallest absolute Gasteiger partial charge is 0.223 e. The zero-order valence-corrected chi connectivity index (χ0v) is 17.4. The van der Waals surface area contributed by atoms with E-state index < -0.39 is 0 Å². The lowest BCUT2D eigenvalue weighted by molar-refractivity contribution is -0.126. The van der Waals surface area contributed by atoms with Crippen LogP contribution in [-0.2, 0) is 4.79 Å². The molecular weight excluding hydrogens is 378 g/mol. The largest absolute Gasteiger partial charge is 0.349 e. The first-order valence-electron chi connectivity index (χ1n) is 9.74. The Hall–Kier alpha value is -1.59. The normalized spacial score (nSPS) is 23.9. The summed E-state index contributed by atoms with van der Waals surface area (Å²) in [6.45, 7) is 6.08. The van der Waals surface area contributed by atoms with Crippen molar-refractivity contribution in [2.24, 2.45) is 17.8 Å². The molecule has 27 heavy (non-hydrogen) atoms. The van der Waals surface area contributed by atoms with Gasteiger partial charge < -0.3 is 10.2 Å². The number of benzene rings is 1. The van der Waals surface area contributed by atoms with E-state index >= 15 is 0 Å². The summed E-state index contributed by atoms with van der Waals surface area (Å²) in [4.78, 5) is 19.8. The minimum absolute atomic E-state index is 0.0890. The topological polar surface area (TPSA) is 45.2 Å². The maximum atomic E-state index is 13.0. The molecule has 0 unspecified atom stereocenters. The summed E-state index contributed by atoms with van der Waals surface area (Å²) < 4.78 is 0. The molecule has 1 saturated carbocycles. The molecule has 0 bridgehead atoms. The summed E-state index contributed by atoms with van der Waals surface area (Å²) in [6.07, 6.45) is 2.95. The number of hydrogen-bond donors (Lipinski definition) is 1. The van der Waals surface area contributed by atoms with Crippen LogP contribution < -0.4 is 10.2 Å². The summed E-state index contributed by atoms with van der Waals surface area (Å²) in [5.74, 6) is 1.49. The van der Waals surface area contributed by atoms with Crippen LogP contribution in [0.5, 0.6) is 0 Å². The van der Waals surface area contributed by atoms with E-state index in [2.05, 4.69) is 27.5 Å². The fourth-order valence-corrected chi connectivity index (χ4v) is 5.00. The zero-order valence-electron chi connectivity index (χ0n) is 15.8. The number of aryl methyl sites for hydroxylation is 1. The molecule has 2 aromatic rings. The molecule has 1 aliphatic carbocycles. The van der Waals surface area contributed by atoms with E-state index in [1.807, 2.05) is 31.2 Å². The number of rotatable bonds is 5. The van der Waals surface area contributed by atoms with Gasteiger partial charge in [0.15, 0.2) is 5.13 Å². The Morgan fingerprint density at radius 3 is 2.52 bits per heavy atom. The third-order valence-electron chi connectivity index (χ3n) is 5.87. The van der Waals surface area contributed by atoms with E-state index in [0.717, 1.165) is 47.3 Å². The number of carbonyl (C=O) groups excluding carboxylic acids is 1. The highest BCUT2D eigenvalue weighted by Crippen LogP contribution is 2.47. The molecule has 1 N–H and O–H groups in total. The van der Waals surface area contributed by atoms with Gasteiger partial charge in [-0.05, 0) is 55.7 Å². The Labute approximate surface area is 169 Å². The van der Waals surface area contributed by atoms with Crippen LogP contribution in [0.2, 0.25) is 5.02 Å². The number of halogens is 1. The van der Waals surface area contributed by atoms with Gasteiger partial charge in [0.2, 0.25) is 5.91 Å². The molecule has 2 aliphatic rings. The molecule has 4 rings (SSSR count). The molecule has 1 aromatic carbocycles. The average Bonchev–Trinajstić information content (AvgIpc) is 3.23. The van der Waals surface area contributed by atoms with Crippen LogP contribution in [0.3, 0.4) is 0 Å². The predicted octanol–water partition coefficient (Wildman–Crippen LogP) is 4.83. The van der Waals surface area contributed by atoms with Crippen molar-refractivity contribution in [3.63, 3.8) is 0 Å². The lowest BCUT2D eigenvalue weighted by atomic mass is 9.94. The molecule has 6 heteroatoms. The van der Waals surface area contributed by atoms with E-state index in [0.29, 0.717) is 11.8 Å². The molecule has 4 nitrogen and oxygen atoms in total. The van der Waals surface area contributed by atoms with Gasteiger partial charge in [-0.2, -0.15) is 0 Å². The number of nitrogens with one attached hydrogen (secondary N) is 1. The van der Waals surface area contributed by atoms with Crippen LogP contribution in [0.4, 0.5) is 5.13 Å². The number of piperidine rings is 1. The fourth-order valence-electron chi connectivity index (χ4n) is 4.01. The first-order chi connectivity index (χ1) is 13.0. The van der Waals surface area contributed by atoms with Crippen molar-refractivity contribution in [3.8, 4) is 0 Å². The number of amides is 1. The molecule has 1 aromatic heterocycles. The second-order valence-corrected chi connectivity index (χ2v) is 9.22. The maximum absolute atomic E-state index is 13.0. The summed E-state index contributed by atoms with van der Waals surface area (Å²) in [5, 5.41) is 7.26. The van der Waals surface area contributed by atoms with Crippen molar-refractivity contribution < 1.29 is 4.79 Å². The Morgan fingerprint density at radius 2 is 1.96 bits per heavy atom. The number of aromatic nitrogens is 1. The molecule has 1 amide bonds. The molecule has 0 radical (unpaired) electrons. The lowest BCUT2D eigenvalue weighted by Crippen LogP contribution is -2.42. The monoisotopic (exact) mass is 403 g/mol.